The zero-order valence-corrected chi connectivity index (χ0v) is 7.98. The fourth-order valence-electron chi connectivity index (χ4n) is 1.55. The highest BCUT2D eigenvalue weighted by molar-refractivity contribution is 5.48. The van der Waals surface area contributed by atoms with Crippen LogP contribution in [-0.4, -0.2) is 19.9 Å². The lowest BCUT2D eigenvalue weighted by Gasteiger charge is -2.39. The molecule has 6 nitrogen and oxygen atoms in total. The van der Waals surface area contributed by atoms with Crippen molar-refractivity contribution < 1.29 is 5.11 Å². The lowest BCUT2D eigenvalue weighted by Crippen LogP contribution is -2.52. The van der Waals surface area contributed by atoms with Gasteiger partial charge in [-0.05, 0) is 13.8 Å². The van der Waals surface area contributed by atoms with Crippen LogP contribution in [0.25, 0.3) is 6.08 Å². The Labute approximate surface area is 80.2 Å². The molecule has 0 saturated heterocycles. The Bertz CT molecular complexity index is 454. The maximum Gasteiger partial charge on any atom is 0.264 e. The minimum atomic E-state index is -0.684. The van der Waals surface area contributed by atoms with Gasteiger partial charge in [0.1, 0.15) is 5.66 Å². The second-order valence-corrected chi connectivity index (χ2v) is 3.75. The first-order valence-electron chi connectivity index (χ1n) is 4.21. The topological polar surface area (TPSA) is 87.3 Å². The number of nitrogens with one attached hydrogen (secondary N) is 1. The minimum absolute atomic E-state index is 0.0611. The number of hydrazine groups is 1. The molecule has 0 spiro atoms. The van der Waals surface area contributed by atoms with Gasteiger partial charge in [-0.3, -0.25) is 19.6 Å². The molecule has 4 N–H and O–H groups in total. The zero-order valence-electron chi connectivity index (χ0n) is 7.98. The van der Waals surface area contributed by atoms with E-state index in [2.05, 4.69) is 5.10 Å². The number of hydrogen-bond acceptors (Lipinski definition) is 4. The van der Waals surface area contributed by atoms with E-state index in [4.69, 9.17) is 5.84 Å². The summed E-state index contributed by atoms with van der Waals surface area (Å²) in [6, 6.07) is 1.41. The van der Waals surface area contributed by atoms with Crippen molar-refractivity contribution in [2.75, 3.05) is 0 Å². The maximum absolute atomic E-state index is 11.1. The number of nitrogens with two attached hydrogens (primary N) is 1. The van der Waals surface area contributed by atoms with Crippen LogP contribution >= 0.6 is 0 Å². The minimum Gasteiger partial charge on any atom is -0.494 e. The molecule has 0 saturated carbocycles. The summed E-state index contributed by atoms with van der Waals surface area (Å²) in [5.74, 6) is 5.59. The van der Waals surface area contributed by atoms with Crippen LogP contribution in [0.3, 0.4) is 0 Å². The monoisotopic (exact) mass is 196 g/mol. The lowest BCUT2D eigenvalue weighted by atomic mass is 10.2. The standard InChI is InChI=1S/C8H12N4O2/c1-8(2)11(9)7(14)4-5-3-6(13)10-12(5)8/h3-4,14H,9H2,1-2H3,(H,10,13). The molecule has 1 aromatic heterocycles. The Morgan fingerprint density at radius 3 is 2.86 bits per heavy atom. The first kappa shape index (κ1) is 8.89. The molecule has 2 heterocycles. The van der Waals surface area contributed by atoms with Crippen molar-refractivity contribution in [3.8, 4) is 0 Å². The van der Waals surface area contributed by atoms with Crippen molar-refractivity contribution in [1.29, 1.82) is 0 Å². The molecular formula is C8H12N4O2. The van der Waals surface area contributed by atoms with E-state index < -0.39 is 5.66 Å². The van der Waals surface area contributed by atoms with Gasteiger partial charge < -0.3 is 5.11 Å². The SMILES string of the molecule is CC1(C)N(N)C(O)=Cc2cc(=O)[nH]n21. The Hall–Kier alpha value is -1.69. The zero-order chi connectivity index (χ0) is 10.5. The fourth-order valence-corrected chi connectivity index (χ4v) is 1.55. The molecule has 14 heavy (non-hydrogen) atoms. The van der Waals surface area contributed by atoms with Gasteiger partial charge in [0, 0.05) is 12.1 Å². The molecule has 0 bridgehead atoms. The highest BCUT2D eigenvalue weighted by Crippen LogP contribution is 2.26. The first-order chi connectivity index (χ1) is 6.43. The molecular weight excluding hydrogens is 184 g/mol. The summed E-state index contributed by atoms with van der Waals surface area (Å²) in [5.41, 5.74) is -0.289. The van der Waals surface area contributed by atoms with Gasteiger partial charge in [0.2, 0.25) is 5.88 Å². The molecule has 1 aliphatic rings. The Kier molecular flexibility index (Phi) is 1.53. The summed E-state index contributed by atoms with van der Waals surface area (Å²) >= 11 is 0. The van der Waals surface area contributed by atoms with Crippen molar-refractivity contribution >= 4 is 6.08 Å². The van der Waals surface area contributed by atoms with E-state index in [-0.39, 0.29) is 11.4 Å². The van der Waals surface area contributed by atoms with E-state index in [0.717, 1.165) is 0 Å². The van der Waals surface area contributed by atoms with Gasteiger partial charge in [-0.2, -0.15) is 0 Å². The van der Waals surface area contributed by atoms with Crippen LogP contribution in [0.1, 0.15) is 19.5 Å². The third-order valence-corrected chi connectivity index (χ3v) is 2.42. The van der Waals surface area contributed by atoms with E-state index in [1.807, 2.05) is 0 Å². The summed E-state index contributed by atoms with van der Waals surface area (Å²) in [6.45, 7) is 3.57. The van der Waals surface area contributed by atoms with Crippen LogP contribution < -0.4 is 11.4 Å². The molecule has 0 aliphatic carbocycles. The summed E-state index contributed by atoms with van der Waals surface area (Å²) in [6.07, 6.45) is 1.43. The highest BCUT2D eigenvalue weighted by Gasteiger charge is 2.34. The van der Waals surface area contributed by atoms with Crippen LogP contribution in [0.5, 0.6) is 0 Å². The second kappa shape index (κ2) is 2.42. The molecule has 1 aliphatic heterocycles. The third kappa shape index (κ3) is 0.973. The first-order valence-corrected chi connectivity index (χ1v) is 4.21. The number of H-pyrrole nitrogens is 1. The van der Waals surface area contributed by atoms with Crippen LogP contribution in [0.15, 0.2) is 16.7 Å². The van der Waals surface area contributed by atoms with Gasteiger partial charge in [-0.1, -0.05) is 0 Å². The normalized spacial score (nSPS) is 19.1. The number of aromatic amines is 1. The average molecular weight is 196 g/mol. The number of hydrogen-bond donors (Lipinski definition) is 3. The van der Waals surface area contributed by atoms with Gasteiger partial charge in [-0.25, -0.2) is 5.84 Å². The molecule has 0 atom stereocenters. The van der Waals surface area contributed by atoms with Crippen molar-refractivity contribution in [3.05, 3.63) is 28.0 Å². The molecule has 0 fully saturated rings. The summed E-state index contributed by atoms with van der Waals surface area (Å²) in [5, 5.41) is 13.3. The van der Waals surface area contributed by atoms with Crippen LogP contribution in [0.2, 0.25) is 0 Å². The Morgan fingerprint density at radius 2 is 2.21 bits per heavy atom. The smallest absolute Gasteiger partial charge is 0.264 e. The molecule has 0 aromatic carbocycles. The summed E-state index contributed by atoms with van der Waals surface area (Å²) < 4.78 is 1.61. The number of aliphatic hydroxyl groups excluding tert-OH is 1. The highest BCUT2D eigenvalue weighted by atomic mass is 16.3. The predicted octanol–water partition coefficient (Wildman–Crippen LogP) is -0.0853. The van der Waals surface area contributed by atoms with Crippen molar-refractivity contribution in [3.63, 3.8) is 0 Å². The van der Waals surface area contributed by atoms with Crippen molar-refractivity contribution in [1.82, 2.24) is 14.8 Å². The number of fused-ring (bicyclic) bond motifs is 1. The van der Waals surface area contributed by atoms with Gasteiger partial charge in [0.15, 0.2) is 0 Å². The third-order valence-electron chi connectivity index (χ3n) is 2.42. The van der Waals surface area contributed by atoms with Gasteiger partial charge in [0.05, 0.1) is 5.69 Å². The molecule has 76 valence electrons. The molecule has 2 rings (SSSR count). The largest absolute Gasteiger partial charge is 0.494 e. The van der Waals surface area contributed by atoms with E-state index in [9.17, 15) is 9.90 Å². The lowest BCUT2D eigenvalue weighted by molar-refractivity contribution is 0.0216. The number of nitrogens with zero attached hydrogens (tertiary/aromatic N) is 2. The van der Waals surface area contributed by atoms with Crippen LogP contribution in [0, 0.1) is 0 Å². The van der Waals surface area contributed by atoms with E-state index in [1.54, 1.807) is 18.5 Å². The van der Waals surface area contributed by atoms with E-state index in [0.29, 0.717) is 5.69 Å². The average Bonchev–Trinajstić information content (AvgIpc) is 2.44. The van der Waals surface area contributed by atoms with Crippen molar-refractivity contribution in [2.45, 2.75) is 19.5 Å². The molecule has 0 unspecified atom stereocenters. The Balaban J connectivity index is 2.70. The summed E-state index contributed by atoms with van der Waals surface area (Å²) in [7, 11) is 0. The molecule has 1 aromatic rings. The van der Waals surface area contributed by atoms with E-state index >= 15 is 0 Å². The van der Waals surface area contributed by atoms with Crippen LogP contribution in [-0.2, 0) is 5.66 Å². The van der Waals surface area contributed by atoms with Gasteiger partial charge >= 0.3 is 0 Å². The Morgan fingerprint density at radius 1 is 1.57 bits per heavy atom. The van der Waals surface area contributed by atoms with Crippen molar-refractivity contribution in [2.24, 2.45) is 5.84 Å². The fraction of sp³-hybridized carbons (Fsp3) is 0.375. The maximum atomic E-state index is 11.1. The summed E-state index contributed by atoms with van der Waals surface area (Å²) in [4.78, 5) is 11.1. The molecule has 6 heteroatoms. The van der Waals surface area contributed by atoms with Crippen LogP contribution in [0.4, 0.5) is 0 Å². The van der Waals surface area contributed by atoms with Gasteiger partial charge in [-0.15, -0.1) is 0 Å². The van der Waals surface area contributed by atoms with Gasteiger partial charge in [0.25, 0.3) is 5.56 Å². The molecule has 0 radical (unpaired) electrons. The van der Waals surface area contributed by atoms with E-state index in [1.165, 1.54) is 17.2 Å². The number of rotatable bonds is 0. The number of aromatic nitrogens is 2. The quantitative estimate of drug-likeness (QED) is 0.506. The number of aliphatic hydroxyl groups is 1. The predicted molar refractivity (Wildman–Crippen MR) is 51.0 cm³/mol. The second-order valence-electron chi connectivity index (χ2n) is 3.75. The molecule has 0 amide bonds.